The van der Waals surface area contributed by atoms with Crippen molar-refractivity contribution in [3.05, 3.63) is 36.5 Å². The molecule has 0 amide bonds. The number of imidazole rings is 1. The number of hydrogen-bond donors (Lipinski definition) is 1. The second-order valence-corrected chi connectivity index (χ2v) is 3.14. The van der Waals surface area contributed by atoms with Crippen LogP contribution in [0.5, 0.6) is 0 Å². The van der Waals surface area contributed by atoms with Crippen LogP contribution in [-0.4, -0.2) is 15.0 Å². The molecule has 2 heterocycles. The van der Waals surface area contributed by atoms with Crippen molar-refractivity contribution in [1.29, 1.82) is 5.26 Å². The number of aromatic amines is 1. The van der Waals surface area contributed by atoms with Gasteiger partial charge in [-0.05, 0) is 12.1 Å². The van der Waals surface area contributed by atoms with Gasteiger partial charge < -0.3 is 4.98 Å². The fourth-order valence-corrected chi connectivity index (χ4v) is 1.33. The number of pyridine rings is 1. The van der Waals surface area contributed by atoms with Gasteiger partial charge in [0.15, 0.2) is 0 Å². The van der Waals surface area contributed by atoms with Gasteiger partial charge in [0, 0.05) is 30.8 Å². The lowest BCUT2D eigenvalue weighted by Crippen LogP contribution is -1.86. The van der Waals surface area contributed by atoms with Crippen molar-refractivity contribution >= 4 is 0 Å². The van der Waals surface area contributed by atoms with Gasteiger partial charge in [0.05, 0.1) is 18.0 Å². The summed E-state index contributed by atoms with van der Waals surface area (Å²) in [6, 6.07) is 5.94. The van der Waals surface area contributed by atoms with Crippen LogP contribution < -0.4 is 0 Å². The van der Waals surface area contributed by atoms with Crippen LogP contribution in [0.3, 0.4) is 0 Å². The lowest BCUT2D eigenvalue weighted by molar-refractivity contribution is 0.918. The van der Waals surface area contributed by atoms with E-state index >= 15 is 0 Å². The molecule has 0 fully saturated rings. The highest BCUT2D eigenvalue weighted by atomic mass is 14.9. The second kappa shape index (κ2) is 4.38. The first-order valence-electron chi connectivity index (χ1n) is 4.71. The Balaban J connectivity index is 2.18. The normalized spacial score (nSPS) is 9.80. The predicted octanol–water partition coefficient (Wildman–Crippen LogP) is 1.93. The maximum absolute atomic E-state index is 8.45. The molecule has 2 rings (SSSR count). The van der Waals surface area contributed by atoms with Gasteiger partial charge >= 0.3 is 0 Å². The van der Waals surface area contributed by atoms with E-state index < -0.39 is 0 Å². The number of nitriles is 1. The Morgan fingerprint density at radius 1 is 1.40 bits per heavy atom. The molecule has 0 radical (unpaired) electrons. The molecular weight excluding hydrogens is 188 g/mol. The van der Waals surface area contributed by atoms with Gasteiger partial charge in [0.25, 0.3) is 0 Å². The summed E-state index contributed by atoms with van der Waals surface area (Å²) in [5, 5.41) is 8.45. The van der Waals surface area contributed by atoms with Crippen LogP contribution in [0.2, 0.25) is 0 Å². The molecule has 0 aliphatic heterocycles. The van der Waals surface area contributed by atoms with Gasteiger partial charge in [-0.25, -0.2) is 4.98 Å². The Morgan fingerprint density at radius 2 is 2.33 bits per heavy atom. The molecule has 0 saturated carbocycles. The lowest BCUT2D eigenvalue weighted by Gasteiger charge is -1.94. The average molecular weight is 198 g/mol. The fraction of sp³-hybridized carbons (Fsp3) is 0.182. The quantitative estimate of drug-likeness (QED) is 0.819. The van der Waals surface area contributed by atoms with Crippen LogP contribution in [0, 0.1) is 11.3 Å². The standard InChI is InChI=1S/C11H10N4/c12-5-1-4-11-14-8-10(15-11)9-3-2-6-13-7-9/h2-3,6-8H,1,4H2,(H,14,15). The molecule has 0 bridgehead atoms. The third kappa shape index (κ3) is 2.20. The van der Waals surface area contributed by atoms with Crippen molar-refractivity contribution in [2.45, 2.75) is 12.8 Å². The zero-order chi connectivity index (χ0) is 10.5. The number of H-pyrrole nitrogens is 1. The van der Waals surface area contributed by atoms with Crippen LogP contribution in [0.4, 0.5) is 0 Å². The monoisotopic (exact) mass is 198 g/mol. The highest BCUT2D eigenvalue weighted by molar-refractivity contribution is 5.56. The van der Waals surface area contributed by atoms with E-state index in [1.807, 2.05) is 12.1 Å². The van der Waals surface area contributed by atoms with Gasteiger partial charge in [0.1, 0.15) is 5.82 Å². The van der Waals surface area contributed by atoms with Gasteiger partial charge in [-0.1, -0.05) is 0 Å². The predicted molar refractivity (Wildman–Crippen MR) is 55.8 cm³/mol. The number of hydrogen-bond acceptors (Lipinski definition) is 3. The van der Waals surface area contributed by atoms with Crippen molar-refractivity contribution in [3.63, 3.8) is 0 Å². The molecule has 0 aliphatic rings. The molecule has 0 spiro atoms. The third-order valence-electron chi connectivity index (χ3n) is 2.07. The Bertz CT molecular complexity index is 467. The van der Waals surface area contributed by atoms with Gasteiger partial charge in [-0.3, -0.25) is 4.98 Å². The van der Waals surface area contributed by atoms with Crippen LogP contribution in [0.25, 0.3) is 11.3 Å². The molecule has 0 aromatic carbocycles. The highest BCUT2D eigenvalue weighted by Gasteiger charge is 2.02. The molecule has 4 nitrogen and oxygen atoms in total. The van der Waals surface area contributed by atoms with Crippen molar-refractivity contribution in [2.24, 2.45) is 0 Å². The topological polar surface area (TPSA) is 65.4 Å². The number of rotatable bonds is 3. The molecule has 0 atom stereocenters. The summed E-state index contributed by atoms with van der Waals surface area (Å²) in [7, 11) is 0. The number of nitrogens with zero attached hydrogens (tertiary/aromatic N) is 3. The SMILES string of the molecule is N#CCCc1ncc(-c2cccnc2)[nH]1. The summed E-state index contributed by atoms with van der Waals surface area (Å²) >= 11 is 0. The van der Waals surface area contributed by atoms with Crippen LogP contribution in [0.1, 0.15) is 12.2 Å². The van der Waals surface area contributed by atoms with E-state index in [4.69, 9.17) is 5.26 Å². The second-order valence-electron chi connectivity index (χ2n) is 3.14. The lowest BCUT2D eigenvalue weighted by atomic mass is 10.2. The van der Waals surface area contributed by atoms with Gasteiger partial charge in [0.2, 0.25) is 0 Å². The summed E-state index contributed by atoms with van der Waals surface area (Å²) < 4.78 is 0. The van der Waals surface area contributed by atoms with Gasteiger partial charge in [-0.15, -0.1) is 0 Å². The molecule has 15 heavy (non-hydrogen) atoms. The Labute approximate surface area is 87.6 Å². The molecule has 4 heteroatoms. The molecule has 74 valence electrons. The van der Waals surface area contributed by atoms with Crippen molar-refractivity contribution in [2.75, 3.05) is 0 Å². The first-order chi connectivity index (χ1) is 7.40. The summed E-state index contributed by atoms with van der Waals surface area (Å²) in [6.07, 6.45) is 6.43. The van der Waals surface area contributed by atoms with E-state index in [0.29, 0.717) is 12.8 Å². The van der Waals surface area contributed by atoms with Crippen LogP contribution in [-0.2, 0) is 6.42 Å². The fourth-order valence-electron chi connectivity index (χ4n) is 1.33. The number of aryl methyl sites for hydroxylation is 1. The molecule has 0 unspecified atom stereocenters. The smallest absolute Gasteiger partial charge is 0.107 e. The van der Waals surface area contributed by atoms with Crippen molar-refractivity contribution < 1.29 is 0 Å². The summed E-state index contributed by atoms with van der Waals surface area (Å²) in [5.74, 6) is 0.843. The van der Waals surface area contributed by atoms with E-state index in [1.165, 1.54) is 0 Å². The summed E-state index contributed by atoms with van der Waals surface area (Å²) in [4.78, 5) is 11.4. The van der Waals surface area contributed by atoms with E-state index in [0.717, 1.165) is 17.1 Å². The molecule has 2 aromatic heterocycles. The largest absolute Gasteiger partial charge is 0.342 e. The minimum absolute atomic E-state index is 0.486. The molecular formula is C11H10N4. The van der Waals surface area contributed by atoms with E-state index in [1.54, 1.807) is 18.6 Å². The third-order valence-corrected chi connectivity index (χ3v) is 2.07. The number of aromatic nitrogens is 3. The first-order valence-corrected chi connectivity index (χ1v) is 4.71. The zero-order valence-corrected chi connectivity index (χ0v) is 8.14. The maximum atomic E-state index is 8.45. The Morgan fingerprint density at radius 3 is 3.07 bits per heavy atom. The van der Waals surface area contributed by atoms with Crippen LogP contribution in [0.15, 0.2) is 30.7 Å². The highest BCUT2D eigenvalue weighted by Crippen LogP contribution is 2.15. The maximum Gasteiger partial charge on any atom is 0.107 e. The summed E-state index contributed by atoms with van der Waals surface area (Å²) in [5.41, 5.74) is 1.95. The van der Waals surface area contributed by atoms with E-state index in [9.17, 15) is 0 Å². The molecule has 2 aromatic rings. The number of nitrogens with one attached hydrogen (secondary N) is 1. The van der Waals surface area contributed by atoms with E-state index in [2.05, 4.69) is 21.0 Å². The van der Waals surface area contributed by atoms with Crippen LogP contribution >= 0.6 is 0 Å². The average Bonchev–Trinajstić information content (AvgIpc) is 2.76. The minimum atomic E-state index is 0.486. The minimum Gasteiger partial charge on any atom is -0.342 e. The van der Waals surface area contributed by atoms with Crippen molar-refractivity contribution in [3.8, 4) is 17.3 Å². The molecule has 1 N–H and O–H groups in total. The molecule has 0 aliphatic carbocycles. The first kappa shape index (κ1) is 9.41. The van der Waals surface area contributed by atoms with Gasteiger partial charge in [-0.2, -0.15) is 5.26 Å². The Kier molecular flexibility index (Phi) is 2.75. The summed E-state index contributed by atoms with van der Waals surface area (Å²) in [6.45, 7) is 0. The van der Waals surface area contributed by atoms with Crippen molar-refractivity contribution in [1.82, 2.24) is 15.0 Å². The Hall–Kier alpha value is -2.15. The zero-order valence-electron chi connectivity index (χ0n) is 8.14. The van der Waals surface area contributed by atoms with E-state index in [-0.39, 0.29) is 0 Å². The molecule has 0 saturated heterocycles.